The average molecular weight is 1100 g/mol. The van der Waals surface area contributed by atoms with Crippen LogP contribution >= 0.6 is 0 Å². The van der Waals surface area contributed by atoms with Gasteiger partial charge in [0.05, 0.1) is 11.4 Å². The molecule has 0 aromatic heterocycles. The van der Waals surface area contributed by atoms with Crippen molar-refractivity contribution in [1.29, 1.82) is 0 Å². The fraction of sp³-hybridized carbons (Fsp3) is 0.0714. The Morgan fingerprint density at radius 1 is 0.174 bits per heavy atom. The molecule has 0 heterocycles. The van der Waals surface area contributed by atoms with Crippen molar-refractivity contribution in [3.8, 4) is 44.5 Å². The van der Waals surface area contributed by atoms with Gasteiger partial charge in [-0.3, -0.25) is 0 Å². The molecule has 0 aliphatic rings. The van der Waals surface area contributed by atoms with Gasteiger partial charge >= 0.3 is 0 Å². The van der Waals surface area contributed by atoms with E-state index in [2.05, 4.69) is 330 Å². The van der Waals surface area contributed by atoms with Gasteiger partial charge in [0.1, 0.15) is 0 Å². The van der Waals surface area contributed by atoms with Gasteiger partial charge in [-0.1, -0.05) is 217 Å². The zero-order valence-electron chi connectivity index (χ0n) is 49.5. The first-order valence-electron chi connectivity index (χ1n) is 30.0. The van der Waals surface area contributed by atoms with Crippen molar-refractivity contribution < 1.29 is 0 Å². The minimum absolute atomic E-state index is 1.11. The maximum atomic E-state index is 2.51. The summed E-state index contributed by atoms with van der Waals surface area (Å²) in [6.07, 6.45) is 0. The highest BCUT2D eigenvalue weighted by Gasteiger charge is 2.24. The number of benzene rings is 15. The average Bonchev–Trinajstić information content (AvgIpc) is 1.09. The van der Waals surface area contributed by atoms with Crippen molar-refractivity contribution in [2.45, 2.75) is 41.5 Å². The SMILES string of the molecule is Cc1cc(C)c(N(c2cc(-c3ccccc3)cc(-c3ccccc3)c2)c2ccc3c(c2)c2ccccc2c2cc4c5ccc(N(c6cc(-c7ccccc7)cc(-c7ccccc7)c6)c6c(C)cc(C)cc6C)cc5c5ccccc5c4cc32)c(C)c1. The Labute approximate surface area is 504 Å². The summed E-state index contributed by atoms with van der Waals surface area (Å²) in [7, 11) is 0. The zero-order valence-corrected chi connectivity index (χ0v) is 49.5. The van der Waals surface area contributed by atoms with Crippen LogP contribution in [0, 0.1) is 41.5 Å². The van der Waals surface area contributed by atoms with Crippen molar-refractivity contribution >= 4 is 98.8 Å². The lowest BCUT2D eigenvalue weighted by molar-refractivity contribution is 1.21. The van der Waals surface area contributed by atoms with E-state index < -0.39 is 0 Å². The van der Waals surface area contributed by atoms with Gasteiger partial charge in [0, 0.05) is 22.7 Å². The van der Waals surface area contributed by atoms with E-state index in [0.717, 1.165) is 22.7 Å². The second kappa shape index (κ2) is 21.3. The van der Waals surface area contributed by atoms with Crippen molar-refractivity contribution in [3.63, 3.8) is 0 Å². The highest BCUT2D eigenvalue weighted by atomic mass is 15.2. The molecule has 410 valence electrons. The molecule has 2 heteroatoms. The monoisotopic (exact) mass is 1100 g/mol. The van der Waals surface area contributed by atoms with Gasteiger partial charge in [-0.15, -0.1) is 0 Å². The molecule has 0 radical (unpaired) electrons. The molecule has 0 spiro atoms. The number of hydrogen-bond acceptors (Lipinski definition) is 2. The standard InChI is InChI=1S/C84H64N2/c1-53-39-55(3)83(56(4)40-53)85(69-45-63(59-23-11-7-12-24-59)43-64(46-69)60-25-13-8-14-26-60)67-35-37-75-77(49-67)71-31-19-21-33-73(71)79-52-82-76-38-36-68(50-78(76)72-32-20-22-34-74(72)80(82)51-81(75)79)86(84-57(5)41-54(2)42-58(84)6)70-47-65(61-27-15-9-16-28-61)44-66(48-70)62-29-17-10-18-30-62/h7-52H,1-6H3. The number of anilines is 6. The molecule has 0 bridgehead atoms. The van der Waals surface area contributed by atoms with Crippen LogP contribution in [0.4, 0.5) is 34.1 Å². The Hall–Kier alpha value is -10.5. The number of hydrogen-bond donors (Lipinski definition) is 0. The molecule has 0 saturated carbocycles. The first-order chi connectivity index (χ1) is 42.1. The smallest absolute Gasteiger partial charge is 0.0520 e. The molecule has 0 amide bonds. The summed E-state index contributed by atoms with van der Waals surface area (Å²) in [5, 5.41) is 14.8. The summed E-state index contributed by atoms with van der Waals surface area (Å²) in [4.78, 5) is 5.03. The minimum atomic E-state index is 1.11. The summed E-state index contributed by atoms with van der Waals surface area (Å²) in [6, 6.07) is 104. The number of fused-ring (bicyclic) bond motifs is 12. The third-order valence-electron chi connectivity index (χ3n) is 17.8. The van der Waals surface area contributed by atoms with Crippen LogP contribution in [-0.4, -0.2) is 0 Å². The van der Waals surface area contributed by atoms with E-state index in [1.807, 2.05) is 0 Å². The summed E-state index contributed by atoms with van der Waals surface area (Å²) in [6.45, 7) is 13.5. The van der Waals surface area contributed by atoms with Gasteiger partial charge in [0.15, 0.2) is 0 Å². The van der Waals surface area contributed by atoms with Crippen LogP contribution in [0.2, 0.25) is 0 Å². The molecule has 15 aromatic rings. The van der Waals surface area contributed by atoms with Crippen molar-refractivity contribution in [1.82, 2.24) is 0 Å². The van der Waals surface area contributed by atoms with Crippen LogP contribution < -0.4 is 9.80 Å². The molecular weight excluding hydrogens is 1040 g/mol. The Balaban J connectivity index is 0.954. The summed E-state index contributed by atoms with van der Waals surface area (Å²) < 4.78 is 0. The maximum Gasteiger partial charge on any atom is 0.0520 e. The second-order valence-electron chi connectivity index (χ2n) is 23.7. The van der Waals surface area contributed by atoms with Crippen LogP contribution in [0.15, 0.2) is 279 Å². The Morgan fingerprint density at radius 2 is 0.419 bits per heavy atom. The van der Waals surface area contributed by atoms with Crippen molar-refractivity contribution in [2.24, 2.45) is 0 Å². The third-order valence-corrected chi connectivity index (χ3v) is 17.8. The predicted molar refractivity (Wildman–Crippen MR) is 371 cm³/mol. The van der Waals surface area contributed by atoms with E-state index in [4.69, 9.17) is 0 Å². The normalized spacial score (nSPS) is 11.6. The minimum Gasteiger partial charge on any atom is -0.310 e. The van der Waals surface area contributed by atoms with Crippen LogP contribution in [0.3, 0.4) is 0 Å². The predicted octanol–water partition coefficient (Wildman–Crippen LogP) is 24.1. The van der Waals surface area contributed by atoms with Gasteiger partial charge in [0.25, 0.3) is 0 Å². The maximum absolute atomic E-state index is 2.51. The van der Waals surface area contributed by atoms with Crippen LogP contribution in [0.1, 0.15) is 33.4 Å². The number of aryl methyl sites for hydroxylation is 6. The molecule has 0 aliphatic carbocycles. The van der Waals surface area contributed by atoms with E-state index in [0.29, 0.717) is 0 Å². The molecule has 0 fully saturated rings. The van der Waals surface area contributed by atoms with Gasteiger partial charge < -0.3 is 9.80 Å². The molecule has 0 unspecified atom stereocenters. The summed E-state index contributed by atoms with van der Waals surface area (Å²) in [5.41, 5.74) is 23.7. The molecule has 15 rings (SSSR count). The fourth-order valence-electron chi connectivity index (χ4n) is 14.2. The van der Waals surface area contributed by atoms with Gasteiger partial charge in [-0.05, 0) is 246 Å². The molecule has 0 saturated heterocycles. The summed E-state index contributed by atoms with van der Waals surface area (Å²) in [5.74, 6) is 0. The lowest BCUT2D eigenvalue weighted by atomic mass is 9.88. The highest BCUT2D eigenvalue weighted by molar-refractivity contribution is 6.33. The zero-order chi connectivity index (χ0) is 58.2. The van der Waals surface area contributed by atoms with Crippen molar-refractivity contribution in [2.75, 3.05) is 9.80 Å². The van der Waals surface area contributed by atoms with Crippen molar-refractivity contribution in [3.05, 3.63) is 312 Å². The largest absolute Gasteiger partial charge is 0.310 e. The molecule has 0 N–H and O–H groups in total. The lowest BCUT2D eigenvalue weighted by Crippen LogP contribution is -2.13. The van der Waals surface area contributed by atoms with Gasteiger partial charge in [-0.2, -0.15) is 0 Å². The quantitative estimate of drug-likeness (QED) is 0.0995. The van der Waals surface area contributed by atoms with E-state index in [1.165, 1.54) is 154 Å². The van der Waals surface area contributed by atoms with Gasteiger partial charge in [-0.25, -0.2) is 0 Å². The summed E-state index contributed by atoms with van der Waals surface area (Å²) >= 11 is 0. The molecule has 15 aromatic carbocycles. The van der Waals surface area contributed by atoms with Crippen LogP contribution in [0.25, 0.3) is 109 Å². The van der Waals surface area contributed by atoms with E-state index >= 15 is 0 Å². The molecule has 2 nitrogen and oxygen atoms in total. The second-order valence-corrected chi connectivity index (χ2v) is 23.7. The molecule has 0 atom stereocenters. The fourth-order valence-corrected chi connectivity index (χ4v) is 14.2. The first-order valence-corrected chi connectivity index (χ1v) is 30.0. The number of rotatable bonds is 10. The highest BCUT2D eigenvalue weighted by Crippen LogP contribution is 2.49. The van der Waals surface area contributed by atoms with Crippen LogP contribution in [-0.2, 0) is 0 Å². The third kappa shape index (κ3) is 9.14. The lowest BCUT2D eigenvalue weighted by Gasteiger charge is -2.30. The first kappa shape index (κ1) is 52.3. The van der Waals surface area contributed by atoms with E-state index in [-0.39, 0.29) is 0 Å². The molecule has 86 heavy (non-hydrogen) atoms. The van der Waals surface area contributed by atoms with Crippen LogP contribution in [0.5, 0.6) is 0 Å². The Bertz CT molecular complexity index is 4670. The topological polar surface area (TPSA) is 6.48 Å². The Kier molecular flexibility index (Phi) is 12.9. The number of nitrogens with zero attached hydrogens (tertiary/aromatic N) is 2. The molecular formula is C84H64N2. The van der Waals surface area contributed by atoms with E-state index in [1.54, 1.807) is 0 Å². The van der Waals surface area contributed by atoms with Gasteiger partial charge in [0.2, 0.25) is 0 Å². The molecule has 0 aliphatic heterocycles. The van der Waals surface area contributed by atoms with E-state index in [9.17, 15) is 0 Å². The Morgan fingerprint density at radius 3 is 0.698 bits per heavy atom.